The van der Waals surface area contributed by atoms with Crippen molar-refractivity contribution >= 4 is 27.4 Å². The SMILES string of the molecule is CS(=O)(=O)N1CCCC(CC(=O)c2ccc(Cl)cc2)C1. The van der Waals surface area contributed by atoms with Gasteiger partial charge in [0.05, 0.1) is 6.26 Å². The zero-order chi connectivity index (χ0) is 14.8. The number of carbonyl (C=O) groups excluding carboxylic acids is 1. The minimum atomic E-state index is -3.16. The van der Waals surface area contributed by atoms with E-state index in [1.165, 1.54) is 10.6 Å². The van der Waals surface area contributed by atoms with E-state index in [2.05, 4.69) is 0 Å². The summed E-state index contributed by atoms with van der Waals surface area (Å²) in [5.41, 5.74) is 0.630. The Kier molecular flexibility index (Phi) is 4.83. The number of carbonyl (C=O) groups is 1. The predicted molar refractivity (Wildman–Crippen MR) is 79.5 cm³/mol. The monoisotopic (exact) mass is 315 g/mol. The second-order valence-corrected chi connectivity index (χ2v) is 7.68. The maximum absolute atomic E-state index is 12.2. The van der Waals surface area contributed by atoms with Gasteiger partial charge in [0.1, 0.15) is 0 Å². The lowest BCUT2D eigenvalue weighted by atomic mass is 9.92. The van der Waals surface area contributed by atoms with Crippen LogP contribution in [0.1, 0.15) is 29.6 Å². The molecule has 1 saturated heterocycles. The highest BCUT2D eigenvalue weighted by atomic mass is 35.5. The first-order chi connectivity index (χ1) is 9.36. The Morgan fingerprint density at radius 3 is 2.60 bits per heavy atom. The molecule has 1 fully saturated rings. The van der Waals surface area contributed by atoms with Gasteiger partial charge in [-0.25, -0.2) is 12.7 Å². The maximum atomic E-state index is 12.2. The lowest BCUT2D eigenvalue weighted by molar-refractivity contribution is 0.0942. The van der Waals surface area contributed by atoms with Crippen LogP contribution in [0.25, 0.3) is 0 Å². The van der Waals surface area contributed by atoms with Gasteiger partial charge in [-0.15, -0.1) is 0 Å². The van der Waals surface area contributed by atoms with Crippen molar-refractivity contribution < 1.29 is 13.2 Å². The van der Waals surface area contributed by atoms with E-state index < -0.39 is 10.0 Å². The zero-order valence-electron chi connectivity index (χ0n) is 11.4. The number of piperidine rings is 1. The lowest BCUT2D eigenvalue weighted by Crippen LogP contribution is -2.39. The number of halogens is 1. The molecule has 6 heteroatoms. The van der Waals surface area contributed by atoms with Crippen LogP contribution in [0, 0.1) is 5.92 Å². The van der Waals surface area contributed by atoms with E-state index in [9.17, 15) is 13.2 Å². The average molecular weight is 316 g/mol. The van der Waals surface area contributed by atoms with Crippen LogP contribution in [0.15, 0.2) is 24.3 Å². The fourth-order valence-electron chi connectivity index (χ4n) is 2.51. The summed E-state index contributed by atoms with van der Waals surface area (Å²) in [7, 11) is -3.16. The highest BCUT2D eigenvalue weighted by Crippen LogP contribution is 2.23. The minimum absolute atomic E-state index is 0.0435. The largest absolute Gasteiger partial charge is 0.294 e. The summed E-state index contributed by atoms with van der Waals surface area (Å²) in [4.78, 5) is 12.2. The molecule has 2 rings (SSSR count). The van der Waals surface area contributed by atoms with Crippen molar-refractivity contribution in [2.75, 3.05) is 19.3 Å². The third-order valence-electron chi connectivity index (χ3n) is 3.59. The van der Waals surface area contributed by atoms with Crippen molar-refractivity contribution in [3.8, 4) is 0 Å². The van der Waals surface area contributed by atoms with Crippen molar-refractivity contribution in [3.05, 3.63) is 34.9 Å². The van der Waals surface area contributed by atoms with E-state index >= 15 is 0 Å². The molecule has 1 aromatic carbocycles. The molecule has 0 saturated carbocycles. The van der Waals surface area contributed by atoms with Gasteiger partial charge >= 0.3 is 0 Å². The molecule has 4 nitrogen and oxygen atoms in total. The molecule has 20 heavy (non-hydrogen) atoms. The molecule has 1 unspecified atom stereocenters. The Morgan fingerprint density at radius 2 is 2.00 bits per heavy atom. The first-order valence-corrected chi connectivity index (χ1v) is 8.83. The van der Waals surface area contributed by atoms with Gasteiger partial charge in [-0.1, -0.05) is 11.6 Å². The Balaban J connectivity index is 1.99. The highest BCUT2D eigenvalue weighted by Gasteiger charge is 2.27. The van der Waals surface area contributed by atoms with E-state index in [1.54, 1.807) is 24.3 Å². The predicted octanol–water partition coefficient (Wildman–Crippen LogP) is 2.58. The molecule has 1 aromatic rings. The molecule has 1 aliphatic heterocycles. The van der Waals surface area contributed by atoms with E-state index in [1.807, 2.05) is 0 Å². The van der Waals surface area contributed by atoms with E-state index in [-0.39, 0.29) is 11.7 Å². The number of ketones is 1. The van der Waals surface area contributed by atoms with Crippen LogP contribution in [-0.2, 0) is 10.0 Å². The topological polar surface area (TPSA) is 54.5 Å². The molecule has 1 atom stereocenters. The zero-order valence-corrected chi connectivity index (χ0v) is 13.0. The van der Waals surface area contributed by atoms with Gasteiger partial charge in [0.15, 0.2) is 5.78 Å². The second-order valence-electron chi connectivity index (χ2n) is 5.26. The number of Topliss-reactive ketones (excluding diaryl/α,β-unsaturated/α-hetero) is 1. The molecule has 0 aliphatic carbocycles. The Labute approximate surface area is 124 Å². The van der Waals surface area contributed by atoms with Gasteiger partial charge in [-0.3, -0.25) is 4.79 Å². The van der Waals surface area contributed by atoms with E-state index in [0.717, 1.165) is 12.8 Å². The van der Waals surface area contributed by atoms with Gasteiger partial charge in [0.2, 0.25) is 10.0 Å². The highest BCUT2D eigenvalue weighted by molar-refractivity contribution is 7.88. The summed E-state index contributed by atoms with van der Waals surface area (Å²) in [5.74, 6) is 0.142. The van der Waals surface area contributed by atoms with Crippen LogP contribution < -0.4 is 0 Å². The molecule has 0 bridgehead atoms. The van der Waals surface area contributed by atoms with Crippen LogP contribution in [0.5, 0.6) is 0 Å². The maximum Gasteiger partial charge on any atom is 0.211 e. The van der Waals surface area contributed by atoms with Crippen LogP contribution in [0.4, 0.5) is 0 Å². The lowest BCUT2D eigenvalue weighted by Gasteiger charge is -2.30. The number of rotatable bonds is 4. The first kappa shape index (κ1) is 15.5. The summed E-state index contributed by atoms with van der Waals surface area (Å²) in [6, 6.07) is 6.81. The fourth-order valence-corrected chi connectivity index (χ4v) is 3.58. The molecule has 0 N–H and O–H groups in total. The molecule has 0 radical (unpaired) electrons. The molecule has 0 spiro atoms. The Bertz CT molecular complexity index is 583. The van der Waals surface area contributed by atoms with Crippen LogP contribution in [0.3, 0.4) is 0 Å². The molecular weight excluding hydrogens is 298 g/mol. The van der Waals surface area contributed by atoms with Gasteiger partial charge in [0.25, 0.3) is 0 Å². The van der Waals surface area contributed by atoms with Crippen LogP contribution in [0.2, 0.25) is 5.02 Å². The average Bonchev–Trinajstić information content (AvgIpc) is 2.38. The minimum Gasteiger partial charge on any atom is -0.294 e. The normalized spacial score (nSPS) is 20.8. The van der Waals surface area contributed by atoms with Gasteiger partial charge in [0, 0.05) is 30.1 Å². The summed E-state index contributed by atoms with van der Waals surface area (Å²) < 4.78 is 24.6. The van der Waals surface area contributed by atoms with Crippen molar-refractivity contribution in [3.63, 3.8) is 0 Å². The third kappa shape index (κ3) is 4.04. The van der Waals surface area contributed by atoms with Gasteiger partial charge in [-0.2, -0.15) is 0 Å². The van der Waals surface area contributed by atoms with Crippen LogP contribution >= 0.6 is 11.6 Å². The Hall–Kier alpha value is -0.910. The summed E-state index contributed by atoms with van der Waals surface area (Å²) in [5, 5.41) is 0.600. The molecule has 1 heterocycles. The Morgan fingerprint density at radius 1 is 1.35 bits per heavy atom. The number of benzene rings is 1. The smallest absolute Gasteiger partial charge is 0.211 e. The quantitative estimate of drug-likeness (QED) is 0.802. The first-order valence-electron chi connectivity index (χ1n) is 6.60. The van der Waals surface area contributed by atoms with Crippen molar-refractivity contribution in [2.45, 2.75) is 19.3 Å². The number of sulfonamides is 1. The van der Waals surface area contributed by atoms with Crippen molar-refractivity contribution in [1.82, 2.24) is 4.31 Å². The molecule has 0 amide bonds. The van der Waals surface area contributed by atoms with E-state index in [0.29, 0.717) is 30.1 Å². The summed E-state index contributed by atoms with van der Waals surface area (Å²) in [6.45, 7) is 1.00. The molecule has 1 aliphatic rings. The standard InChI is InChI=1S/C14H18ClNO3S/c1-20(18,19)16-8-2-3-11(10-16)9-14(17)12-4-6-13(15)7-5-12/h4-7,11H,2-3,8-10H2,1H3. The van der Waals surface area contributed by atoms with Gasteiger partial charge in [-0.05, 0) is 43.0 Å². The summed E-state index contributed by atoms with van der Waals surface area (Å²) in [6.07, 6.45) is 3.31. The third-order valence-corrected chi connectivity index (χ3v) is 5.11. The number of hydrogen-bond acceptors (Lipinski definition) is 3. The molecule has 110 valence electrons. The second kappa shape index (κ2) is 6.24. The number of nitrogens with zero attached hydrogens (tertiary/aromatic N) is 1. The van der Waals surface area contributed by atoms with Gasteiger partial charge < -0.3 is 0 Å². The fraction of sp³-hybridized carbons (Fsp3) is 0.500. The molecule has 0 aromatic heterocycles. The van der Waals surface area contributed by atoms with Crippen LogP contribution in [-0.4, -0.2) is 37.9 Å². The van der Waals surface area contributed by atoms with Crippen molar-refractivity contribution in [2.24, 2.45) is 5.92 Å². The molecular formula is C14H18ClNO3S. The van der Waals surface area contributed by atoms with Crippen molar-refractivity contribution in [1.29, 1.82) is 0 Å². The number of hydrogen-bond donors (Lipinski definition) is 0. The summed E-state index contributed by atoms with van der Waals surface area (Å²) >= 11 is 5.79. The van der Waals surface area contributed by atoms with E-state index in [4.69, 9.17) is 11.6 Å².